The first-order chi connectivity index (χ1) is 13.5. The van der Waals surface area contributed by atoms with Crippen LogP contribution in [0.4, 0.5) is 5.95 Å². The van der Waals surface area contributed by atoms with E-state index < -0.39 is 9.84 Å². The van der Waals surface area contributed by atoms with Gasteiger partial charge in [0.05, 0.1) is 22.7 Å². The zero-order valence-electron chi connectivity index (χ0n) is 16.4. The molecule has 1 unspecified atom stereocenters. The molecular formula is C21H28N4O2S. The van der Waals surface area contributed by atoms with Crippen LogP contribution in [0.25, 0.3) is 10.9 Å². The minimum atomic E-state index is -2.82. The van der Waals surface area contributed by atoms with E-state index in [4.69, 9.17) is 9.97 Å². The Hall–Kier alpha value is -1.73. The third-order valence-corrected chi connectivity index (χ3v) is 8.34. The molecule has 0 amide bonds. The summed E-state index contributed by atoms with van der Waals surface area (Å²) in [4.78, 5) is 12.0. The van der Waals surface area contributed by atoms with Crippen molar-refractivity contribution in [3.05, 3.63) is 29.0 Å². The molecule has 1 aromatic heterocycles. The fourth-order valence-electron chi connectivity index (χ4n) is 4.98. The van der Waals surface area contributed by atoms with Gasteiger partial charge in [-0.3, -0.25) is 0 Å². The second kappa shape index (κ2) is 6.95. The fourth-order valence-corrected chi connectivity index (χ4v) is 6.67. The number of hydrogen-bond acceptors (Lipinski definition) is 6. The van der Waals surface area contributed by atoms with E-state index in [1.54, 1.807) is 0 Å². The predicted molar refractivity (Wildman–Crippen MR) is 112 cm³/mol. The Balaban J connectivity index is 1.28. The normalized spacial score (nSPS) is 24.8. The summed E-state index contributed by atoms with van der Waals surface area (Å²) in [5.41, 5.74) is 5.05. The Morgan fingerprint density at radius 1 is 1.04 bits per heavy atom. The molecule has 0 saturated carbocycles. The van der Waals surface area contributed by atoms with Gasteiger partial charge in [-0.05, 0) is 68.7 Å². The van der Waals surface area contributed by atoms with Gasteiger partial charge in [0.2, 0.25) is 5.95 Å². The zero-order valence-corrected chi connectivity index (χ0v) is 17.3. The molecule has 1 atom stereocenters. The van der Waals surface area contributed by atoms with Crippen molar-refractivity contribution in [3.8, 4) is 0 Å². The van der Waals surface area contributed by atoms with E-state index in [-0.39, 0.29) is 6.04 Å². The van der Waals surface area contributed by atoms with Crippen LogP contribution in [0, 0.1) is 6.92 Å². The molecule has 1 N–H and O–H groups in total. The molecule has 2 aliphatic heterocycles. The second-order valence-electron chi connectivity index (χ2n) is 8.63. The fraction of sp³-hybridized carbons (Fsp3) is 0.619. The van der Waals surface area contributed by atoms with Crippen molar-refractivity contribution in [3.63, 3.8) is 0 Å². The molecular weight excluding hydrogens is 372 g/mol. The molecule has 6 nitrogen and oxygen atoms in total. The number of sulfone groups is 1. The quantitative estimate of drug-likeness (QED) is 0.851. The van der Waals surface area contributed by atoms with Crippen LogP contribution in [0.2, 0.25) is 0 Å². The maximum Gasteiger partial charge on any atom is 0.226 e. The second-order valence-corrected chi connectivity index (χ2v) is 10.9. The highest BCUT2D eigenvalue weighted by atomic mass is 32.2. The van der Waals surface area contributed by atoms with Gasteiger partial charge in [-0.1, -0.05) is 0 Å². The van der Waals surface area contributed by atoms with E-state index in [1.807, 2.05) is 0 Å². The number of benzene rings is 1. The Labute approximate surface area is 166 Å². The number of fused-ring (bicyclic) bond motifs is 2. The molecule has 3 aliphatic rings. The Morgan fingerprint density at radius 2 is 1.79 bits per heavy atom. The molecule has 150 valence electrons. The molecule has 5 rings (SSSR count). The summed E-state index contributed by atoms with van der Waals surface area (Å²) in [6, 6.07) is 5.08. The van der Waals surface area contributed by atoms with Crippen LogP contribution in [-0.4, -0.2) is 55.1 Å². The van der Waals surface area contributed by atoms with Crippen molar-refractivity contribution in [1.82, 2.24) is 15.3 Å². The monoisotopic (exact) mass is 400 g/mol. The van der Waals surface area contributed by atoms with Crippen molar-refractivity contribution in [2.75, 3.05) is 29.5 Å². The van der Waals surface area contributed by atoms with Crippen LogP contribution < -0.4 is 10.2 Å². The van der Waals surface area contributed by atoms with Crippen LogP contribution in [0.1, 0.15) is 42.5 Å². The number of aryl methyl sites for hydroxylation is 3. The third kappa shape index (κ3) is 3.50. The minimum absolute atomic E-state index is 0.128. The van der Waals surface area contributed by atoms with E-state index in [2.05, 4.69) is 29.3 Å². The first kappa shape index (κ1) is 18.3. The first-order valence-electron chi connectivity index (χ1n) is 10.5. The zero-order chi connectivity index (χ0) is 19.3. The first-order valence-corrected chi connectivity index (χ1v) is 12.3. The summed E-state index contributed by atoms with van der Waals surface area (Å²) in [7, 11) is -2.82. The Kier molecular flexibility index (Phi) is 4.55. The molecule has 2 saturated heterocycles. The highest BCUT2D eigenvalue weighted by molar-refractivity contribution is 7.91. The van der Waals surface area contributed by atoms with E-state index >= 15 is 0 Å². The molecule has 2 aromatic rings. The van der Waals surface area contributed by atoms with Crippen LogP contribution in [-0.2, 0) is 22.7 Å². The maximum atomic E-state index is 11.7. The average Bonchev–Trinajstić information content (AvgIpc) is 3.26. The lowest BCUT2D eigenvalue weighted by atomic mass is 10.0. The highest BCUT2D eigenvalue weighted by Crippen LogP contribution is 2.29. The smallest absolute Gasteiger partial charge is 0.226 e. The van der Waals surface area contributed by atoms with Crippen molar-refractivity contribution < 1.29 is 8.42 Å². The molecule has 0 spiro atoms. The standard InChI is InChI=1S/C21H28N4O2S/c1-14-19-11-15-3-2-4-16(15)12-20(19)24-21(22-14)25-8-5-17(6-9-25)23-18-7-10-28(26,27)13-18/h11-12,17-18,23H,2-10,13H2,1H3. The summed E-state index contributed by atoms with van der Waals surface area (Å²) >= 11 is 0. The third-order valence-electron chi connectivity index (χ3n) is 6.57. The topological polar surface area (TPSA) is 75.2 Å². The number of rotatable bonds is 3. The van der Waals surface area contributed by atoms with Gasteiger partial charge < -0.3 is 10.2 Å². The SMILES string of the molecule is Cc1nc(N2CCC(NC3CCS(=O)(=O)C3)CC2)nc2cc3c(cc12)CCC3. The molecule has 1 aliphatic carbocycles. The summed E-state index contributed by atoms with van der Waals surface area (Å²) in [6.45, 7) is 3.91. The maximum absolute atomic E-state index is 11.7. The lowest BCUT2D eigenvalue weighted by Crippen LogP contribution is -2.47. The molecule has 3 heterocycles. The van der Waals surface area contributed by atoms with Crippen molar-refractivity contribution in [2.45, 2.75) is 57.5 Å². The van der Waals surface area contributed by atoms with Gasteiger partial charge in [0.15, 0.2) is 9.84 Å². The van der Waals surface area contributed by atoms with Gasteiger partial charge in [0.1, 0.15) is 0 Å². The minimum Gasteiger partial charge on any atom is -0.341 e. The van der Waals surface area contributed by atoms with E-state index in [1.165, 1.54) is 29.4 Å². The van der Waals surface area contributed by atoms with Crippen molar-refractivity contribution >= 4 is 26.7 Å². The van der Waals surface area contributed by atoms with Crippen LogP contribution in [0.5, 0.6) is 0 Å². The van der Waals surface area contributed by atoms with Crippen LogP contribution in [0.3, 0.4) is 0 Å². The number of nitrogens with one attached hydrogen (secondary N) is 1. The number of piperidine rings is 1. The summed E-state index contributed by atoms with van der Waals surface area (Å²) in [5.74, 6) is 1.46. The number of aromatic nitrogens is 2. The number of anilines is 1. The summed E-state index contributed by atoms with van der Waals surface area (Å²) in [5, 5.41) is 4.75. The predicted octanol–water partition coefficient (Wildman–Crippen LogP) is 2.17. The lowest BCUT2D eigenvalue weighted by Gasteiger charge is -2.34. The van der Waals surface area contributed by atoms with E-state index in [0.717, 1.165) is 55.9 Å². The van der Waals surface area contributed by atoms with Gasteiger partial charge in [-0.25, -0.2) is 18.4 Å². The van der Waals surface area contributed by atoms with Gasteiger partial charge in [0, 0.05) is 30.6 Å². The number of nitrogens with zero attached hydrogens (tertiary/aromatic N) is 3. The Morgan fingerprint density at radius 3 is 2.50 bits per heavy atom. The van der Waals surface area contributed by atoms with E-state index in [9.17, 15) is 8.42 Å². The van der Waals surface area contributed by atoms with Gasteiger partial charge in [0.25, 0.3) is 0 Å². The summed E-state index contributed by atoms with van der Waals surface area (Å²) < 4.78 is 23.3. The van der Waals surface area contributed by atoms with Crippen LogP contribution in [0.15, 0.2) is 12.1 Å². The molecule has 28 heavy (non-hydrogen) atoms. The van der Waals surface area contributed by atoms with Crippen LogP contribution >= 0.6 is 0 Å². The van der Waals surface area contributed by atoms with Gasteiger partial charge in [-0.15, -0.1) is 0 Å². The molecule has 2 fully saturated rings. The van der Waals surface area contributed by atoms with Gasteiger partial charge >= 0.3 is 0 Å². The lowest BCUT2D eigenvalue weighted by molar-refractivity contribution is 0.377. The average molecular weight is 401 g/mol. The molecule has 7 heteroatoms. The Bertz CT molecular complexity index is 1010. The molecule has 0 bridgehead atoms. The number of hydrogen-bond donors (Lipinski definition) is 1. The summed E-state index contributed by atoms with van der Waals surface area (Å²) in [6.07, 6.45) is 6.34. The molecule has 1 aromatic carbocycles. The van der Waals surface area contributed by atoms with Crippen molar-refractivity contribution in [1.29, 1.82) is 0 Å². The largest absolute Gasteiger partial charge is 0.341 e. The van der Waals surface area contributed by atoms with Crippen molar-refractivity contribution in [2.24, 2.45) is 0 Å². The highest BCUT2D eigenvalue weighted by Gasteiger charge is 2.31. The molecule has 0 radical (unpaired) electrons. The van der Waals surface area contributed by atoms with Gasteiger partial charge in [-0.2, -0.15) is 0 Å². The van der Waals surface area contributed by atoms with E-state index in [0.29, 0.717) is 17.5 Å².